The molecule has 1 aromatic rings. The van der Waals surface area contributed by atoms with Crippen molar-refractivity contribution in [2.24, 2.45) is 0 Å². The highest BCUT2D eigenvalue weighted by molar-refractivity contribution is 5.50. The van der Waals surface area contributed by atoms with Gasteiger partial charge in [0.05, 0.1) is 0 Å². The molecule has 1 atom stereocenters. The van der Waals surface area contributed by atoms with Crippen LogP contribution in [0.1, 0.15) is 31.9 Å². The highest BCUT2D eigenvalue weighted by Crippen LogP contribution is 2.32. The summed E-state index contributed by atoms with van der Waals surface area (Å²) in [6, 6.07) is 3.94. The molecular weight excluding hydrogens is 279 g/mol. The number of alkyl halides is 3. The van der Waals surface area contributed by atoms with E-state index in [0.29, 0.717) is 6.54 Å². The van der Waals surface area contributed by atoms with E-state index >= 15 is 0 Å². The molecule has 21 heavy (non-hydrogen) atoms. The van der Waals surface area contributed by atoms with Crippen LogP contribution in [0.5, 0.6) is 0 Å². The van der Waals surface area contributed by atoms with Crippen LogP contribution < -0.4 is 10.2 Å². The lowest BCUT2D eigenvalue weighted by Gasteiger charge is -2.30. The molecule has 1 N–H and O–H groups in total. The smallest absolute Gasteiger partial charge is 0.352 e. The van der Waals surface area contributed by atoms with Crippen LogP contribution >= 0.6 is 0 Å². The molecule has 0 spiro atoms. The van der Waals surface area contributed by atoms with Crippen molar-refractivity contribution in [1.29, 1.82) is 0 Å². The first-order valence-corrected chi connectivity index (χ1v) is 7.13. The lowest BCUT2D eigenvalue weighted by Crippen LogP contribution is -2.34. The Morgan fingerprint density at radius 1 is 1.43 bits per heavy atom. The van der Waals surface area contributed by atoms with Crippen molar-refractivity contribution >= 4 is 5.82 Å². The number of aromatic nitrogens is 1. The van der Waals surface area contributed by atoms with Crippen LogP contribution in [0.3, 0.4) is 0 Å². The molecule has 0 bridgehead atoms. The van der Waals surface area contributed by atoms with Gasteiger partial charge >= 0.3 is 6.18 Å². The Hall–Kier alpha value is -1.56. The minimum Gasteiger partial charge on any atom is -0.352 e. The van der Waals surface area contributed by atoms with Gasteiger partial charge in [0, 0.05) is 36.5 Å². The van der Waals surface area contributed by atoms with E-state index in [1.165, 1.54) is 6.08 Å². The van der Waals surface area contributed by atoms with Crippen LogP contribution in [-0.4, -0.2) is 30.8 Å². The SMILES string of the molecule is CCNC(C)c1cccnc1N1CC=C(C(F)(F)F)CC1. The number of hydrogen-bond donors (Lipinski definition) is 1. The van der Waals surface area contributed by atoms with Crippen molar-refractivity contribution in [2.45, 2.75) is 32.5 Å². The molecule has 116 valence electrons. The molecule has 1 aliphatic rings. The lowest BCUT2D eigenvalue weighted by atomic mass is 10.1. The quantitative estimate of drug-likeness (QED) is 0.863. The van der Waals surface area contributed by atoms with Gasteiger partial charge in [-0.3, -0.25) is 0 Å². The molecule has 0 saturated heterocycles. The van der Waals surface area contributed by atoms with Gasteiger partial charge in [-0.05, 0) is 26.0 Å². The van der Waals surface area contributed by atoms with E-state index in [9.17, 15) is 13.2 Å². The number of anilines is 1. The maximum absolute atomic E-state index is 12.7. The summed E-state index contributed by atoms with van der Waals surface area (Å²) in [5.74, 6) is 0.767. The Kier molecular flexibility index (Phi) is 4.88. The van der Waals surface area contributed by atoms with E-state index < -0.39 is 11.7 Å². The fourth-order valence-corrected chi connectivity index (χ4v) is 2.55. The van der Waals surface area contributed by atoms with Gasteiger partial charge in [-0.15, -0.1) is 0 Å². The van der Waals surface area contributed by atoms with Gasteiger partial charge < -0.3 is 10.2 Å². The van der Waals surface area contributed by atoms with Gasteiger partial charge in [0.1, 0.15) is 5.82 Å². The zero-order chi connectivity index (χ0) is 15.5. The van der Waals surface area contributed by atoms with Crippen molar-refractivity contribution < 1.29 is 13.2 Å². The molecule has 3 nitrogen and oxygen atoms in total. The average Bonchev–Trinajstić information content (AvgIpc) is 2.47. The minimum atomic E-state index is -4.21. The van der Waals surface area contributed by atoms with Gasteiger partial charge in [0.2, 0.25) is 0 Å². The van der Waals surface area contributed by atoms with E-state index in [1.54, 1.807) is 6.20 Å². The molecule has 0 saturated carbocycles. The Labute approximate surface area is 122 Å². The molecule has 1 aliphatic heterocycles. The normalized spacial score (nSPS) is 17.6. The second kappa shape index (κ2) is 6.47. The molecule has 0 radical (unpaired) electrons. The first-order chi connectivity index (χ1) is 9.93. The van der Waals surface area contributed by atoms with Crippen molar-refractivity contribution in [3.63, 3.8) is 0 Å². The Bertz CT molecular complexity index is 511. The average molecular weight is 299 g/mol. The molecule has 6 heteroatoms. The van der Waals surface area contributed by atoms with Gasteiger partial charge in [0.25, 0.3) is 0 Å². The second-order valence-electron chi connectivity index (χ2n) is 5.12. The summed E-state index contributed by atoms with van der Waals surface area (Å²) in [4.78, 5) is 6.27. The maximum atomic E-state index is 12.7. The van der Waals surface area contributed by atoms with Gasteiger partial charge in [0.15, 0.2) is 0 Å². The number of hydrogen-bond acceptors (Lipinski definition) is 3. The zero-order valence-corrected chi connectivity index (χ0v) is 12.2. The van der Waals surface area contributed by atoms with Gasteiger partial charge in [-0.25, -0.2) is 4.98 Å². The third-order valence-electron chi connectivity index (χ3n) is 3.67. The highest BCUT2D eigenvalue weighted by Gasteiger charge is 2.35. The van der Waals surface area contributed by atoms with Crippen molar-refractivity contribution in [3.8, 4) is 0 Å². The first kappa shape index (κ1) is 15.8. The van der Waals surface area contributed by atoms with Crippen molar-refractivity contribution in [1.82, 2.24) is 10.3 Å². The van der Waals surface area contributed by atoms with Crippen molar-refractivity contribution in [2.75, 3.05) is 24.5 Å². The molecule has 1 unspecified atom stereocenters. The topological polar surface area (TPSA) is 28.2 Å². The molecule has 0 aliphatic carbocycles. The summed E-state index contributed by atoms with van der Waals surface area (Å²) in [7, 11) is 0. The Morgan fingerprint density at radius 3 is 2.76 bits per heavy atom. The third kappa shape index (κ3) is 3.75. The minimum absolute atomic E-state index is 0.00903. The number of pyridine rings is 1. The lowest BCUT2D eigenvalue weighted by molar-refractivity contribution is -0.0944. The Balaban J connectivity index is 2.19. The number of nitrogens with zero attached hydrogens (tertiary/aromatic N) is 2. The molecule has 0 aromatic carbocycles. The van der Waals surface area contributed by atoms with E-state index in [0.717, 1.165) is 17.9 Å². The van der Waals surface area contributed by atoms with E-state index in [4.69, 9.17) is 0 Å². The standard InChI is InChI=1S/C15H20F3N3/c1-3-19-11(2)13-5-4-8-20-14(13)21-9-6-12(7-10-21)15(16,17)18/h4-6,8,11,19H,3,7,9-10H2,1-2H3. The summed E-state index contributed by atoms with van der Waals surface area (Å²) in [6.45, 7) is 5.47. The number of rotatable bonds is 4. The van der Waals surface area contributed by atoms with E-state index in [1.807, 2.05) is 30.9 Å². The highest BCUT2D eigenvalue weighted by atomic mass is 19.4. The van der Waals surface area contributed by atoms with Crippen LogP contribution in [0.25, 0.3) is 0 Å². The van der Waals surface area contributed by atoms with Crippen LogP contribution in [0.2, 0.25) is 0 Å². The monoisotopic (exact) mass is 299 g/mol. The van der Waals surface area contributed by atoms with Crippen LogP contribution in [0.4, 0.5) is 19.0 Å². The molecular formula is C15H20F3N3. The molecule has 2 heterocycles. The number of nitrogens with one attached hydrogen (secondary N) is 1. The summed E-state index contributed by atoms with van der Waals surface area (Å²) < 4.78 is 38.0. The zero-order valence-electron chi connectivity index (χ0n) is 12.2. The predicted molar refractivity (Wildman–Crippen MR) is 77.3 cm³/mol. The molecule has 2 rings (SSSR count). The summed E-state index contributed by atoms with van der Waals surface area (Å²) in [6.07, 6.45) is -1.26. The van der Waals surface area contributed by atoms with Crippen LogP contribution in [-0.2, 0) is 0 Å². The van der Waals surface area contributed by atoms with E-state index in [-0.39, 0.29) is 19.0 Å². The second-order valence-corrected chi connectivity index (χ2v) is 5.12. The Morgan fingerprint density at radius 2 is 2.19 bits per heavy atom. The molecule has 1 aromatic heterocycles. The molecule has 0 amide bonds. The maximum Gasteiger partial charge on any atom is 0.412 e. The van der Waals surface area contributed by atoms with Crippen LogP contribution in [0, 0.1) is 0 Å². The summed E-state index contributed by atoms with van der Waals surface area (Å²) in [5.41, 5.74) is 0.583. The molecule has 0 fully saturated rings. The van der Waals surface area contributed by atoms with Gasteiger partial charge in [-0.2, -0.15) is 13.2 Å². The fraction of sp³-hybridized carbons (Fsp3) is 0.533. The summed E-state index contributed by atoms with van der Waals surface area (Å²) in [5, 5.41) is 3.31. The largest absolute Gasteiger partial charge is 0.412 e. The van der Waals surface area contributed by atoms with Crippen LogP contribution in [0.15, 0.2) is 30.0 Å². The fourth-order valence-electron chi connectivity index (χ4n) is 2.55. The summed E-state index contributed by atoms with van der Waals surface area (Å²) >= 11 is 0. The number of halogens is 3. The van der Waals surface area contributed by atoms with Crippen molar-refractivity contribution in [3.05, 3.63) is 35.5 Å². The van der Waals surface area contributed by atoms with Gasteiger partial charge in [-0.1, -0.05) is 19.1 Å². The third-order valence-corrected chi connectivity index (χ3v) is 3.67. The first-order valence-electron chi connectivity index (χ1n) is 7.13. The predicted octanol–water partition coefficient (Wildman–Crippen LogP) is 3.45. The van der Waals surface area contributed by atoms with E-state index in [2.05, 4.69) is 10.3 Å².